The van der Waals surface area contributed by atoms with Gasteiger partial charge in [-0.25, -0.2) is 9.59 Å². The summed E-state index contributed by atoms with van der Waals surface area (Å²) in [6, 6.07) is 9.10. The lowest BCUT2D eigenvalue weighted by atomic mass is 10.1. The highest BCUT2D eigenvalue weighted by Gasteiger charge is 2.26. The number of nitriles is 1. The molecule has 34 heavy (non-hydrogen) atoms. The summed E-state index contributed by atoms with van der Waals surface area (Å²) < 4.78 is 9.98. The van der Waals surface area contributed by atoms with Gasteiger partial charge < -0.3 is 19.7 Å². The second-order valence-corrected chi connectivity index (χ2v) is 9.15. The maximum atomic E-state index is 12.5. The summed E-state index contributed by atoms with van der Waals surface area (Å²) in [7, 11) is 5.13. The molecule has 2 aromatic rings. The van der Waals surface area contributed by atoms with Gasteiger partial charge in [-0.2, -0.15) is 5.26 Å². The predicted octanol–water partition coefficient (Wildman–Crippen LogP) is 3.96. The van der Waals surface area contributed by atoms with E-state index in [1.807, 2.05) is 37.2 Å². The minimum atomic E-state index is -0.899. The Bertz CT molecular complexity index is 1140. The first-order valence-corrected chi connectivity index (χ1v) is 11.7. The number of aryl methyl sites for hydroxylation is 1. The summed E-state index contributed by atoms with van der Waals surface area (Å²) in [6.07, 6.45) is 6.10. The lowest BCUT2D eigenvalue weighted by Gasteiger charge is -2.11. The van der Waals surface area contributed by atoms with Crippen LogP contribution in [0.1, 0.15) is 45.6 Å². The fourth-order valence-corrected chi connectivity index (χ4v) is 4.99. The Kier molecular flexibility index (Phi) is 8.44. The Labute approximate surface area is 202 Å². The zero-order valence-corrected chi connectivity index (χ0v) is 20.3. The molecule has 9 heteroatoms. The van der Waals surface area contributed by atoms with Crippen molar-refractivity contribution in [2.24, 2.45) is 0 Å². The molecule has 0 unspecified atom stereocenters. The van der Waals surface area contributed by atoms with Gasteiger partial charge in [0.2, 0.25) is 0 Å². The van der Waals surface area contributed by atoms with Crippen LogP contribution in [0.2, 0.25) is 0 Å². The lowest BCUT2D eigenvalue weighted by Crippen LogP contribution is -2.22. The topological polar surface area (TPSA) is 109 Å². The van der Waals surface area contributed by atoms with Gasteiger partial charge in [0.1, 0.15) is 16.6 Å². The third-order valence-corrected chi connectivity index (χ3v) is 6.67. The van der Waals surface area contributed by atoms with Crippen LogP contribution in [0.3, 0.4) is 0 Å². The van der Waals surface area contributed by atoms with Crippen LogP contribution >= 0.6 is 11.3 Å². The van der Waals surface area contributed by atoms with E-state index in [0.717, 1.165) is 48.2 Å². The van der Waals surface area contributed by atoms with Crippen molar-refractivity contribution in [2.45, 2.75) is 32.1 Å². The molecule has 0 radical (unpaired) electrons. The van der Waals surface area contributed by atoms with Gasteiger partial charge >= 0.3 is 11.9 Å². The molecule has 1 aliphatic carbocycles. The second kappa shape index (κ2) is 11.5. The number of hydrogen-bond donors (Lipinski definition) is 1. The third kappa shape index (κ3) is 6.02. The minimum absolute atomic E-state index is 0.219. The summed E-state index contributed by atoms with van der Waals surface area (Å²) in [4.78, 5) is 40.2. The van der Waals surface area contributed by atoms with Crippen molar-refractivity contribution in [3.05, 3.63) is 51.4 Å². The average Bonchev–Trinajstić information content (AvgIpc) is 3.00. The number of benzene rings is 1. The molecule has 0 saturated carbocycles. The Morgan fingerprint density at radius 1 is 1.15 bits per heavy atom. The molecule has 1 aromatic carbocycles. The van der Waals surface area contributed by atoms with E-state index in [9.17, 15) is 19.6 Å². The standard InChI is InChI=1S/C25H27N3O5S/c1-28(2)18-11-9-16(10-12-18)13-17(14-26)24(30)33-15-21(29)27-23-22(25(31)32-3)19-7-5-4-6-8-20(19)34-23/h9-13H,4-8,15H2,1-3H3,(H,27,29). The van der Waals surface area contributed by atoms with E-state index in [1.54, 1.807) is 12.1 Å². The first-order chi connectivity index (χ1) is 16.3. The summed E-state index contributed by atoms with van der Waals surface area (Å²) in [6.45, 7) is -0.583. The van der Waals surface area contributed by atoms with E-state index < -0.39 is 24.5 Å². The molecule has 1 amide bonds. The summed E-state index contributed by atoms with van der Waals surface area (Å²) in [5.74, 6) is -1.99. The molecule has 3 rings (SSSR count). The first-order valence-electron chi connectivity index (χ1n) is 10.9. The van der Waals surface area contributed by atoms with E-state index in [4.69, 9.17) is 9.47 Å². The molecule has 1 aromatic heterocycles. The SMILES string of the molecule is COC(=O)c1c(NC(=O)COC(=O)C(C#N)=Cc2ccc(N(C)C)cc2)sc2c1CCCCC2. The molecule has 1 N–H and O–H groups in total. The van der Waals surface area contributed by atoms with E-state index in [2.05, 4.69) is 5.32 Å². The predicted molar refractivity (Wildman–Crippen MR) is 131 cm³/mol. The number of amides is 1. The molecule has 8 nitrogen and oxygen atoms in total. The molecule has 1 heterocycles. The largest absolute Gasteiger partial charge is 0.465 e. The number of anilines is 2. The highest BCUT2D eigenvalue weighted by Crippen LogP contribution is 2.37. The fourth-order valence-electron chi connectivity index (χ4n) is 3.69. The van der Waals surface area contributed by atoms with E-state index in [0.29, 0.717) is 16.1 Å². The van der Waals surface area contributed by atoms with Gasteiger partial charge in [-0.3, -0.25) is 4.79 Å². The quantitative estimate of drug-likeness (QED) is 0.276. The van der Waals surface area contributed by atoms with Crippen LogP contribution in [0.15, 0.2) is 29.8 Å². The van der Waals surface area contributed by atoms with Crippen molar-refractivity contribution < 1.29 is 23.9 Å². The van der Waals surface area contributed by atoms with Crippen molar-refractivity contribution >= 4 is 45.9 Å². The number of fused-ring (bicyclic) bond motifs is 1. The third-order valence-electron chi connectivity index (χ3n) is 5.46. The molecule has 0 aliphatic heterocycles. The molecule has 0 bridgehead atoms. The van der Waals surface area contributed by atoms with Crippen LogP contribution in [0.4, 0.5) is 10.7 Å². The Hall–Kier alpha value is -3.64. The van der Waals surface area contributed by atoms with Gasteiger partial charge in [-0.1, -0.05) is 18.6 Å². The maximum absolute atomic E-state index is 12.5. The van der Waals surface area contributed by atoms with Gasteiger partial charge in [0.05, 0.1) is 12.7 Å². The Balaban J connectivity index is 1.67. The molecule has 0 fully saturated rings. The number of ether oxygens (including phenoxy) is 2. The Morgan fingerprint density at radius 2 is 1.85 bits per heavy atom. The van der Waals surface area contributed by atoms with Gasteiger partial charge in [0, 0.05) is 24.7 Å². The maximum Gasteiger partial charge on any atom is 0.349 e. The summed E-state index contributed by atoms with van der Waals surface area (Å²) in [5, 5.41) is 12.4. The lowest BCUT2D eigenvalue weighted by molar-refractivity contribution is -0.142. The van der Waals surface area contributed by atoms with Gasteiger partial charge in [-0.15, -0.1) is 11.3 Å². The van der Waals surface area contributed by atoms with E-state index >= 15 is 0 Å². The Morgan fingerprint density at radius 3 is 2.50 bits per heavy atom. The normalized spacial score (nSPS) is 13.2. The monoisotopic (exact) mass is 481 g/mol. The van der Waals surface area contributed by atoms with Gasteiger partial charge in [-0.05, 0) is 55.0 Å². The molecule has 0 spiro atoms. The summed E-state index contributed by atoms with van der Waals surface area (Å²) >= 11 is 1.36. The summed E-state index contributed by atoms with van der Waals surface area (Å²) in [5.41, 5.74) is 2.72. The van der Waals surface area contributed by atoms with Crippen molar-refractivity contribution in [3.63, 3.8) is 0 Å². The average molecular weight is 482 g/mol. The smallest absolute Gasteiger partial charge is 0.349 e. The molecule has 1 aliphatic rings. The number of esters is 2. The molecule has 0 atom stereocenters. The molecular formula is C25H27N3O5S. The number of nitrogens with one attached hydrogen (secondary N) is 1. The number of carbonyl (C=O) groups is 3. The van der Waals surface area contributed by atoms with Crippen molar-refractivity contribution in [2.75, 3.05) is 38.0 Å². The van der Waals surface area contributed by atoms with Crippen LogP contribution in [0, 0.1) is 11.3 Å². The molecular weight excluding hydrogens is 454 g/mol. The molecule has 178 valence electrons. The van der Waals surface area contributed by atoms with Crippen molar-refractivity contribution in [1.82, 2.24) is 0 Å². The van der Waals surface area contributed by atoms with Crippen LogP contribution in [0.5, 0.6) is 0 Å². The van der Waals surface area contributed by atoms with E-state index in [-0.39, 0.29) is 5.57 Å². The van der Waals surface area contributed by atoms with Crippen molar-refractivity contribution in [3.8, 4) is 6.07 Å². The second-order valence-electron chi connectivity index (χ2n) is 8.04. The van der Waals surface area contributed by atoms with Crippen LogP contribution in [-0.2, 0) is 31.9 Å². The minimum Gasteiger partial charge on any atom is -0.465 e. The van der Waals surface area contributed by atoms with Crippen LogP contribution in [0.25, 0.3) is 6.08 Å². The zero-order chi connectivity index (χ0) is 24.7. The highest BCUT2D eigenvalue weighted by atomic mass is 32.1. The van der Waals surface area contributed by atoms with Crippen molar-refractivity contribution in [1.29, 1.82) is 5.26 Å². The zero-order valence-electron chi connectivity index (χ0n) is 19.5. The van der Waals surface area contributed by atoms with Gasteiger partial charge in [0.15, 0.2) is 6.61 Å². The number of rotatable bonds is 7. The van der Waals surface area contributed by atoms with Crippen LogP contribution < -0.4 is 10.2 Å². The number of thiophene rings is 1. The number of hydrogen-bond acceptors (Lipinski definition) is 8. The molecule has 0 saturated heterocycles. The highest BCUT2D eigenvalue weighted by molar-refractivity contribution is 7.17. The number of carbonyl (C=O) groups excluding carboxylic acids is 3. The van der Waals surface area contributed by atoms with E-state index in [1.165, 1.54) is 24.5 Å². The van der Waals surface area contributed by atoms with Crippen LogP contribution in [-0.4, -0.2) is 45.7 Å². The fraction of sp³-hybridized carbons (Fsp3) is 0.360. The van der Waals surface area contributed by atoms with Gasteiger partial charge in [0.25, 0.3) is 5.91 Å². The number of methoxy groups -OCH3 is 1. The first kappa shape index (κ1) is 25.0. The number of nitrogens with zero attached hydrogens (tertiary/aromatic N) is 2.